The van der Waals surface area contributed by atoms with Crippen molar-refractivity contribution in [1.29, 1.82) is 0 Å². The van der Waals surface area contributed by atoms with Crippen LogP contribution in [0.15, 0.2) is 18.2 Å². The molecule has 4 atom stereocenters. The highest BCUT2D eigenvalue weighted by Gasteiger charge is 2.57. The van der Waals surface area contributed by atoms with Gasteiger partial charge in [-0.2, -0.15) is 0 Å². The molecule has 154 valence electrons. The number of aliphatic hydroxyl groups is 1. The Balaban J connectivity index is 2.66. The Morgan fingerprint density at radius 1 is 1.21 bits per heavy atom. The van der Waals surface area contributed by atoms with Gasteiger partial charge in [0.2, 0.25) is 0 Å². The molecule has 0 radical (unpaired) electrons. The average Bonchev–Trinajstić information content (AvgIpc) is 2.61. The number of carbonyl (C=O) groups is 3. The standard InChI is InChI=1S/C20H25FO7/c1-5-27-18(23)16-13(22)10-20(3,25)17(19(24)28-6-2)15(16)11-7-8-12(21)14(9-11)26-4/h7-9,15-17,25H,5-6,10H2,1-4H3. The largest absolute Gasteiger partial charge is 0.494 e. The van der Waals surface area contributed by atoms with Crippen LogP contribution in [0.25, 0.3) is 0 Å². The van der Waals surface area contributed by atoms with Gasteiger partial charge in [0, 0.05) is 12.3 Å². The molecule has 0 heterocycles. The van der Waals surface area contributed by atoms with Crippen LogP contribution in [-0.4, -0.2) is 48.8 Å². The number of halogens is 1. The second-order valence-corrected chi connectivity index (χ2v) is 6.88. The van der Waals surface area contributed by atoms with E-state index in [0.717, 1.165) is 6.07 Å². The Kier molecular flexibility index (Phi) is 6.77. The lowest BCUT2D eigenvalue weighted by Gasteiger charge is -2.43. The quantitative estimate of drug-likeness (QED) is 0.580. The smallest absolute Gasteiger partial charge is 0.317 e. The molecule has 2 rings (SSSR count). The summed E-state index contributed by atoms with van der Waals surface area (Å²) in [5.41, 5.74) is -1.46. The van der Waals surface area contributed by atoms with Gasteiger partial charge in [-0.25, -0.2) is 4.39 Å². The molecule has 1 N–H and O–H groups in total. The molecule has 1 aliphatic carbocycles. The maximum atomic E-state index is 13.9. The molecule has 0 bridgehead atoms. The number of hydrogen-bond donors (Lipinski definition) is 1. The van der Waals surface area contributed by atoms with Crippen LogP contribution in [0.4, 0.5) is 4.39 Å². The number of rotatable bonds is 6. The SMILES string of the molecule is CCOC(=O)C1C(=O)CC(C)(O)C(C(=O)OCC)C1c1ccc(F)c(OC)c1. The van der Waals surface area contributed by atoms with E-state index in [1.165, 1.54) is 26.2 Å². The van der Waals surface area contributed by atoms with Gasteiger partial charge in [0.1, 0.15) is 5.92 Å². The predicted molar refractivity (Wildman–Crippen MR) is 96.2 cm³/mol. The molecule has 7 nitrogen and oxygen atoms in total. The first-order chi connectivity index (χ1) is 13.2. The van der Waals surface area contributed by atoms with E-state index in [1.54, 1.807) is 13.8 Å². The van der Waals surface area contributed by atoms with E-state index in [-0.39, 0.29) is 19.0 Å². The zero-order valence-electron chi connectivity index (χ0n) is 16.4. The highest BCUT2D eigenvalue weighted by Crippen LogP contribution is 2.47. The Hall–Kier alpha value is -2.48. The van der Waals surface area contributed by atoms with Crippen molar-refractivity contribution in [3.8, 4) is 5.75 Å². The maximum Gasteiger partial charge on any atom is 0.317 e. The average molecular weight is 396 g/mol. The lowest BCUT2D eigenvalue weighted by atomic mass is 9.61. The van der Waals surface area contributed by atoms with E-state index < -0.39 is 53.3 Å². The molecule has 1 aromatic carbocycles. The Morgan fingerprint density at radius 3 is 2.39 bits per heavy atom. The molecule has 0 aliphatic heterocycles. The van der Waals surface area contributed by atoms with Crippen molar-refractivity contribution in [2.75, 3.05) is 20.3 Å². The summed E-state index contributed by atoms with van der Waals surface area (Å²) in [6.07, 6.45) is -0.408. The first-order valence-electron chi connectivity index (χ1n) is 9.09. The lowest BCUT2D eigenvalue weighted by molar-refractivity contribution is -0.172. The van der Waals surface area contributed by atoms with Crippen molar-refractivity contribution >= 4 is 17.7 Å². The molecule has 8 heteroatoms. The van der Waals surface area contributed by atoms with E-state index >= 15 is 0 Å². The Morgan fingerprint density at radius 2 is 1.82 bits per heavy atom. The third-order valence-electron chi connectivity index (χ3n) is 4.91. The molecular weight excluding hydrogens is 371 g/mol. The van der Waals surface area contributed by atoms with Gasteiger partial charge < -0.3 is 19.3 Å². The molecule has 0 aromatic heterocycles. The van der Waals surface area contributed by atoms with Crippen LogP contribution in [0.1, 0.15) is 38.7 Å². The maximum absolute atomic E-state index is 13.9. The number of benzene rings is 1. The van der Waals surface area contributed by atoms with Gasteiger partial charge in [0.05, 0.1) is 31.8 Å². The molecule has 1 aliphatic rings. The lowest BCUT2D eigenvalue weighted by Crippen LogP contribution is -2.55. The second-order valence-electron chi connectivity index (χ2n) is 6.88. The molecule has 1 aromatic rings. The number of hydrogen-bond acceptors (Lipinski definition) is 7. The number of carbonyl (C=O) groups excluding carboxylic acids is 3. The second kappa shape index (κ2) is 8.68. The first-order valence-corrected chi connectivity index (χ1v) is 9.09. The third kappa shape index (κ3) is 4.16. The Bertz CT molecular complexity index is 759. The molecule has 28 heavy (non-hydrogen) atoms. The van der Waals surface area contributed by atoms with Gasteiger partial charge in [-0.05, 0) is 38.5 Å². The molecule has 1 fully saturated rings. The minimum absolute atomic E-state index is 0.0442. The summed E-state index contributed by atoms with van der Waals surface area (Å²) in [7, 11) is 1.27. The van der Waals surface area contributed by atoms with Crippen LogP contribution in [0.2, 0.25) is 0 Å². The minimum atomic E-state index is -1.75. The summed E-state index contributed by atoms with van der Waals surface area (Å²) in [5, 5.41) is 10.9. The summed E-state index contributed by atoms with van der Waals surface area (Å²) in [6, 6.07) is 3.79. The van der Waals surface area contributed by atoms with Crippen molar-refractivity contribution in [1.82, 2.24) is 0 Å². The summed E-state index contributed by atoms with van der Waals surface area (Å²) < 4.78 is 29.0. The highest BCUT2D eigenvalue weighted by atomic mass is 19.1. The van der Waals surface area contributed by atoms with Crippen molar-refractivity contribution in [2.45, 2.75) is 38.7 Å². The van der Waals surface area contributed by atoms with Gasteiger partial charge >= 0.3 is 11.9 Å². The molecule has 0 saturated heterocycles. The van der Waals surface area contributed by atoms with E-state index in [0.29, 0.717) is 5.56 Å². The summed E-state index contributed by atoms with van der Waals surface area (Å²) >= 11 is 0. The van der Waals surface area contributed by atoms with Gasteiger partial charge in [-0.1, -0.05) is 6.07 Å². The fourth-order valence-electron chi connectivity index (χ4n) is 3.76. The fourth-order valence-corrected chi connectivity index (χ4v) is 3.76. The topological polar surface area (TPSA) is 99.1 Å². The fraction of sp³-hybridized carbons (Fsp3) is 0.550. The molecule has 0 amide bonds. The number of ketones is 1. The van der Waals surface area contributed by atoms with E-state index in [1.807, 2.05) is 0 Å². The van der Waals surface area contributed by atoms with Gasteiger partial charge in [-0.15, -0.1) is 0 Å². The summed E-state index contributed by atoms with van der Waals surface area (Å²) in [4.78, 5) is 38.0. The number of ether oxygens (including phenoxy) is 3. The molecule has 4 unspecified atom stereocenters. The van der Waals surface area contributed by atoms with Crippen LogP contribution in [0, 0.1) is 17.7 Å². The normalized spacial score (nSPS) is 27.2. The van der Waals surface area contributed by atoms with E-state index in [9.17, 15) is 23.9 Å². The molecular formula is C20H25FO7. The van der Waals surface area contributed by atoms with E-state index in [2.05, 4.69) is 0 Å². The van der Waals surface area contributed by atoms with Gasteiger partial charge in [-0.3, -0.25) is 14.4 Å². The van der Waals surface area contributed by atoms with Crippen molar-refractivity contribution in [3.63, 3.8) is 0 Å². The first kappa shape index (κ1) is 21.8. The number of Topliss-reactive ketones (excluding diaryl/α,β-unsaturated/α-hetero) is 1. The Labute approximate surface area is 162 Å². The summed E-state index contributed by atoms with van der Waals surface area (Å²) in [5.74, 6) is -6.50. The van der Waals surface area contributed by atoms with Crippen molar-refractivity contribution in [3.05, 3.63) is 29.6 Å². The predicted octanol–water partition coefficient (Wildman–Crippen LogP) is 2.00. The van der Waals surface area contributed by atoms with Crippen LogP contribution in [0.5, 0.6) is 5.75 Å². The summed E-state index contributed by atoms with van der Waals surface area (Å²) in [6.45, 7) is 4.66. The number of methoxy groups -OCH3 is 1. The van der Waals surface area contributed by atoms with Crippen LogP contribution in [-0.2, 0) is 23.9 Å². The van der Waals surface area contributed by atoms with Crippen LogP contribution >= 0.6 is 0 Å². The van der Waals surface area contributed by atoms with Gasteiger partial charge in [0.15, 0.2) is 17.3 Å². The monoisotopic (exact) mass is 396 g/mol. The zero-order chi connectivity index (χ0) is 21.1. The van der Waals surface area contributed by atoms with Crippen molar-refractivity contribution in [2.24, 2.45) is 11.8 Å². The highest BCUT2D eigenvalue weighted by molar-refractivity contribution is 6.02. The van der Waals surface area contributed by atoms with Crippen LogP contribution < -0.4 is 4.74 Å². The number of esters is 2. The van der Waals surface area contributed by atoms with Gasteiger partial charge in [0.25, 0.3) is 0 Å². The van der Waals surface area contributed by atoms with Crippen LogP contribution in [0.3, 0.4) is 0 Å². The van der Waals surface area contributed by atoms with E-state index in [4.69, 9.17) is 14.2 Å². The molecule has 0 spiro atoms. The molecule has 1 saturated carbocycles. The third-order valence-corrected chi connectivity index (χ3v) is 4.91. The van der Waals surface area contributed by atoms with Crippen molar-refractivity contribution < 1.29 is 38.1 Å². The minimum Gasteiger partial charge on any atom is -0.494 e. The zero-order valence-corrected chi connectivity index (χ0v) is 16.4.